The predicted octanol–water partition coefficient (Wildman–Crippen LogP) is 1.55. The van der Waals surface area contributed by atoms with Gasteiger partial charge in [0.05, 0.1) is 6.54 Å². The lowest BCUT2D eigenvalue weighted by Gasteiger charge is -2.35. The fourth-order valence-electron chi connectivity index (χ4n) is 2.19. The molecule has 0 spiro atoms. The molecule has 1 rings (SSSR count). The molecule has 1 unspecified atom stereocenters. The van der Waals surface area contributed by atoms with Gasteiger partial charge >= 0.3 is 0 Å². The number of hydrogen-bond acceptors (Lipinski definition) is 2. The second-order valence-corrected chi connectivity index (χ2v) is 5.16. The zero-order valence-electron chi connectivity index (χ0n) is 11.2. The van der Waals surface area contributed by atoms with Crippen LogP contribution in [0.3, 0.4) is 0 Å². The van der Waals surface area contributed by atoms with Crippen LogP contribution in [0.25, 0.3) is 0 Å². The Hall–Kier alpha value is -1.06. The molecule has 17 heavy (non-hydrogen) atoms. The molecule has 1 heterocycles. The monoisotopic (exact) mass is 240 g/mol. The van der Waals surface area contributed by atoms with Crippen LogP contribution in [0.1, 0.15) is 46.5 Å². The van der Waals surface area contributed by atoms with Gasteiger partial charge in [0.15, 0.2) is 0 Å². The number of carbonyl (C=O) groups excluding carboxylic acids is 2. The van der Waals surface area contributed by atoms with E-state index in [-0.39, 0.29) is 24.4 Å². The second kappa shape index (κ2) is 6.62. The summed E-state index contributed by atoms with van der Waals surface area (Å²) in [7, 11) is 0. The number of rotatable bonds is 6. The molecule has 1 saturated heterocycles. The largest absolute Gasteiger partial charge is 0.345 e. The van der Waals surface area contributed by atoms with E-state index in [9.17, 15) is 9.59 Å². The first-order valence-corrected chi connectivity index (χ1v) is 6.63. The van der Waals surface area contributed by atoms with Crippen molar-refractivity contribution in [2.75, 3.05) is 13.1 Å². The highest BCUT2D eigenvalue weighted by Crippen LogP contribution is 2.16. The normalized spacial score (nSPS) is 20.9. The van der Waals surface area contributed by atoms with E-state index in [4.69, 9.17) is 0 Å². The van der Waals surface area contributed by atoms with Crippen LogP contribution in [0.2, 0.25) is 0 Å². The molecule has 0 saturated carbocycles. The van der Waals surface area contributed by atoms with Gasteiger partial charge in [-0.2, -0.15) is 0 Å². The topological polar surface area (TPSA) is 49.4 Å². The molecular formula is C13H24N2O2. The molecule has 2 amide bonds. The highest BCUT2D eigenvalue weighted by molar-refractivity contribution is 5.94. The van der Waals surface area contributed by atoms with Crippen LogP contribution in [0.4, 0.5) is 0 Å². The molecular weight excluding hydrogens is 216 g/mol. The maximum atomic E-state index is 11.8. The SMILES string of the molecule is CCCCCN1C(=O)CNC(=O)C1CC(C)C. The quantitative estimate of drug-likeness (QED) is 0.716. The molecule has 1 atom stereocenters. The van der Waals surface area contributed by atoms with Crippen LogP contribution >= 0.6 is 0 Å². The van der Waals surface area contributed by atoms with Gasteiger partial charge in [-0.05, 0) is 18.8 Å². The van der Waals surface area contributed by atoms with Crippen molar-refractivity contribution in [1.29, 1.82) is 0 Å². The minimum Gasteiger partial charge on any atom is -0.345 e. The Morgan fingerprint density at radius 2 is 2.06 bits per heavy atom. The highest BCUT2D eigenvalue weighted by Gasteiger charge is 2.33. The van der Waals surface area contributed by atoms with E-state index in [0.717, 1.165) is 32.2 Å². The van der Waals surface area contributed by atoms with Gasteiger partial charge in [-0.1, -0.05) is 33.6 Å². The molecule has 4 nitrogen and oxygen atoms in total. The van der Waals surface area contributed by atoms with E-state index in [1.807, 2.05) is 0 Å². The van der Waals surface area contributed by atoms with E-state index in [1.165, 1.54) is 0 Å². The Morgan fingerprint density at radius 1 is 1.35 bits per heavy atom. The summed E-state index contributed by atoms with van der Waals surface area (Å²) in [5, 5.41) is 2.68. The lowest BCUT2D eigenvalue weighted by atomic mass is 9.99. The Labute approximate surface area is 104 Å². The molecule has 0 aromatic heterocycles. The summed E-state index contributed by atoms with van der Waals surface area (Å²) >= 11 is 0. The number of amides is 2. The number of hydrogen-bond donors (Lipinski definition) is 1. The first-order valence-electron chi connectivity index (χ1n) is 6.63. The van der Waals surface area contributed by atoms with Crippen LogP contribution in [-0.4, -0.2) is 35.8 Å². The Kier molecular flexibility index (Phi) is 5.45. The Bertz CT molecular complexity index is 277. The minimum atomic E-state index is -0.256. The summed E-state index contributed by atoms with van der Waals surface area (Å²) in [6.07, 6.45) is 3.98. The number of piperazine rings is 1. The van der Waals surface area contributed by atoms with Gasteiger partial charge < -0.3 is 10.2 Å². The Morgan fingerprint density at radius 3 is 2.65 bits per heavy atom. The van der Waals surface area contributed by atoms with Crippen molar-refractivity contribution in [3.05, 3.63) is 0 Å². The number of nitrogens with zero attached hydrogens (tertiary/aromatic N) is 1. The number of carbonyl (C=O) groups is 2. The number of unbranched alkanes of at least 4 members (excludes halogenated alkanes) is 2. The molecule has 1 N–H and O–H groups in total. The van der Waals surface area contributed by atoms with Gasteiger partial charge in [0.1, 0.15) is 6.04 Å². The van der Waals surface area contributed by atoms with Gasteiger partial charge in [0.2, 0.25) is 11.8 Å². The van der Waals surface area contributed by atoms with Crippen LogP contribution in [0.15, 0.2) is 0 Å². The minimum absolute atomic E-state index is 0.00907. The van der Waals surface area contributed by atoms with E-state index in [2.05, 4.69) is 26.1 Å². The van der Waals surface area contributed by atoms with Crippen LogP contribution < -0.4 is 5.32 Å². The summed E-state index contributed by atoms with van der Waals surface area (Å²) in [6, 6.07) is -0.256. The molecule has 0 aliphatic carbocycles. The summed E-state index contributed by atoms with van der Waals surface area (Å²) < 4.78 is 0. The van der Waals surface area contributed by atoms with Gasteiger partial charge in [-0.15, -0.1) is 0 Å². The van der Waals surface area contributed by atoms with Crippen molar-refractivity contribution in [2.45, 2.75) is 52.5 Å². The summed E-state index contributed by atoms with van der Waals surface area (Å²) in [6.45, 7) is 7.18. The summed E-state index contributed by atoms with van der Waals surface area (Å²) in [5.41, 5.74) is 0. The van der Waals surface area contributed by atoms with Crippen LogP contribution in [0.5, 0.6) is 0 Å². The maximum Gasteiger partial charge on any atom is 0.243 e. The maximum absolute atomic E-state index is 11.8. The highest BCUT2D eigenvalue weighted by atomic mass is 16.2. The first-order chi connectivity index (χ1) is 8.06. The first kappa shape index (κ1) is 14.0. The molecule has 0 bridgehead atoms. The van der Waals surface area contributed by atoms with Gasteiger partial charge in [0, 0.05) is 6.54 Å². The van der Waals surface area contributed by atoms with E-state index < -0.39 is 0 Å². The third-order valence-electron chi connectivity index (χ3n) is 3.11. The van der Waals surface area contributed by atoms with E-state index >= 15 is 0 Å². The number of nitrogens with one attached hydrogen (secondary N) is 1. The van der Waals surface area contributed by atoms with E-state index in [1.54, 1.807) is 4.90 Å². The smallest absolute Gasteiger partial charge is 0.243 e. The third-order valence-corrected chi connectivity index (χ3v) is 3.11. The van der Waals surface area contributed by atoms with Crippen molar-refractivity contribution >= 4 is 11.8 Å². The van der Waals surface area contributed by atoms with E-state index in [0.29, 0.717) is 5.92 Å². The molecule has 1 fully saturated rings. The van der Waals surface area contributed by atoms with Crippen molar-refractivity contribution < 1.29 is 9.59 Å². The van der Waals surface area contributed by atoms with Crippen molar-refractivity contribution in [3.8, 4) is 0 Å². The van der Waals surface area contributed by atoms with Gasteiger partial charge in [0.25, 0.3) is 0 Å². The van der Waals surface area contributed by atoms with Gasteiger partial charge in [-0.25, -0.2) is 0 Å². The fraction of sp³-hybridized carbons (Fsp3) is 0.846. The zero-order chi connectivity index (χ0) is 12.8. The van der Waals surface area contributed by atoms with Crippen LogP contribution in [-0.2, 0) is 9.59 Å². The fourth-order valence-corrected chi connectivity index (χ4v) is 2.19. The average molecular weight is 240 g/mol. The average Bonchev–Trinajstić information content (AvgIpc) is 2.27. The molecule has 0 radical (unpaired) electrons. The standard InChI is InChI=1S/C13H24N2O2/c1-4-5-6-7-15-11(8-10(2)3)13(17)14-9-12(15)16/h10-11H,4-9H2,1-3H3,(H,14,17). The Balaban J connectivity index is 2.63. The summed E-state index contributed by atoms with van der Waals surface area (Å²) in [4.78, 5) is 25.4. The van der Waals surface area contributed by atoms with Crippen LogP contribution in [0, 0.1) is 5.92 Å². The second-order valence-electron chi connectivity index (χ2n) is 5.16. The van der Waals surface area contributed by atoms with Crippen molar-refractivity contribution in [1.82, 2.24) is 10.2 Å². The lowest BCUT2D eigenvalue weighted by molar-refractivity contribution is -0.146. The lowest BCUT2D eigenvalue weighted by Crippen LogP contribution is -2.58. The summed E-state index contributed by atoms with van der Waals surface area (Å²) in [5.74, 6) is 0.492. The molecule has 0 aromatic carbocycles. The molecule has 1 aliphatic heterocycles. The zero-order valence-corrected chi connectivity index (χ0v) is 11.2. The molecule has 98 valence electrons. The molecule has 1 aliphatic rings. The third kappa shape index (κ3) is 4.02. The molecule has 0 aromatic rings. The van der Waals surface area contributed by atoms with Gasteiger partial charge in [-0.3, -0.25) is 9.59 Å². The molecule has 4 heteroatoms. The predicted molar refractivity (Wildman–Crippen MR) is 67.5 cm³/mol. The van der Waals surface area contributed by atoms with Crippen molar-refractivity contribution in [2.24, 2.45) is 5.92 Å². The van der Waals surface area contributed by atoms with Crippen molar-refractivity contribution in [3.63, 3.8) is 0 Å².